The lowest BCUT2D eigenvalue weighted by Crippen LogP contribution is -2.32. The maximum atomic E-state index is 12.5. The van der Waals surface area contributed by atoms with Crippen molar-refractivity contribution < 1.29 is 18.0 Å². The fraction of sp³-hybridized carbons (Fsp3) is 0.267. The van der Waals surface area contributed by atoms with Gasteiger partial charge in [-0.05, 0) is 37.6 Å². The highest BCUT2D eigenvalue weighted by molar-refractivity contribution is 5.93. The van der Waals surface area contributed by atoms with Crippen LogP contribution in [0.5, 0.6) is 0 Å². The van der Waals surface area contributed by atoms with Crippen LogP contribution in [0.4, 0.5) is 18.9 Å². The molecule has 0 aliphatic rings. The predicted molar refractivity (Wildman–Crippen MR) is 76.1 cm³/mol. The van der Waals surface area contributed by atoms with Crippen LogP contribution in [0.3, 0.4) is 0 Å². The van der Waals surface area contributed by atoms with Gasteiger partial charge in [0.25, 0.3) is 0 Å². The van der Waals surface area contributed by atoms with E-state index in [1.807, 2.05) is 6.92 Å². The van der Waals surface area contributed by atoms with E-state index in [-0.39, 0.29) is 5.69 Å². The average molecular weight is 309 g/mol. The molecular weight excluding hydrogens is 295 g/mol. The van der Waals surface area contributed by atoms with Gasteiger partial charge in [0.2, 0.25) is 5.91 Å². The van der Waals surface area contributed by atoms with E-state index in [1.165, 1.54) is 0 Å². The minimum Gasteiger partial charge on any atom is -0.326 e. The normalized spacial score (nSPS) is 12.8. The van der Waals surface area contributed by atoms with Gasteiger partial charge in [-0.2, -0.15) is 13.2 Å². The number of hydrogen-bond donors (Lipinski definition) is 1. The van der Waals surface area contributed by atoms with Crippen LogP contribution in [-0.2, 0) is 4.79 Å². The molecule has 0 bridgehead atoms. The molecule has 4 nitrogen and oxygen atoms in total. The summed E-state index contributed by atoms with van der Waals surface area (Å²) in [7, 11) is 0. The number of amides is 1. The number of aromatic nitrogens is 2. The molecule has 2 aromatic rings. The highest BCUT2D eigenvalue weighted by Gasteiger charge is 2.41. The zero-order valence-electron chi connectivity index (χ0n) is 12.0. The van der Waals surface area contributed by atoms with E-state index in [2.05, 4.69) is 15.3 Å². The Morgan fingerprint density at radius 1 is 1.23 bits per heavy atom. The quantitative estimate of drug-likeness (QED) is 0.942. The van der Waals surface area contributed by atoms with Crippen molar-refractivity contribution >= 4 is 11.6 Å². The molecule has 0 fully saturated rings. The van der Waals surface area contributed by atoms with Crippen molar-refractivity contribution in [2.75, 3.05) is 5.32 Å². The standard InChI is InChI=1S/C15H14F3N3O/c1-9-4-5-11(21-14(22)10(2)15(16,17)18)8-12(9)13-19-6-3-7-20-13/h3-8,10H,1-2H3,(H,21,22)/t10-/m0/s1. The average Bonchev–Trinajstić information content (AvgIpc) is 2.48. The maximum absolute atomic E-state index is 12.5. The molecule has 1 amide bonds. The molecule has 0 saturated heterocycles. The van der Waals surface area contributed by atoms with Gasteiger partial charge in [0.15, 0.2) is 5.82 Å². The summed E-state index contributed by atoms with van der Waals surface area (Å²) in [6.45, 7) is 2.65. The van der Waals surface area contributed by atoms with Gasteiger partial charge in [0.05, 0.1) is 0 Å². The number of hydrogen-bond acceptors (Lipinski definition) is 3. The second-order valence-electron chi connectivity index (χ2n) is 4.85. The van der Waals surface area contributed by atoms with E-state index in [9.17, 15) is 18.0 Å². The number of carbonyl (C=O) groups excluding carboxylic acids is 1. The van der Waals surface area contributed by atoms with E-state index < -0.39 is 18.0 Å². The van der Waals surface area contributed by atoms with Gasteiger partial charge >= 0.3 is 6.18 Å². The van der Waals surface area contributed by atoms with Crippen molar-refractivity contribution in [2.24, 2.45) is 5.92 Å². The maximum Gasteiger partial charge on any atom is 0.400 e. The third-order valence-corrected chi connectivity index (χ3v) is 3.20. The van der Waals surface area contributed by atoms with Gasteiger partial charge < -0.3 is 5.32 Å². The second kappa shape index (κ2) is 6.13. The van der Waals surface area contributed by atoms with E-state index in [0.717, 1.165) is 12.5 Å². The smallest absolute Gasteiger partial charge is 0.326 e. The molecule has 22 heavy (non-hydrogen) atoms. The molecule has 7 heteroatoms. The zero-order valence-corrected chi connectivity index (χ0v) is 12.0. The molecule has 0 radical (unpaired) electrons. The van der Waals surface area contributed by atoms with Crippen LogP contribution in [0.1, 0.15) is 12.5 Å². The number of aryl methyl sites for hydroxylation is 1. The number of halogens is 3. The summed E-state index contributed by atoms with van der Waals surface area (Å²) in [5.41, 5.74) is 1.78. The van der Waals surface area contributed by atoms with Crippen molar-refractivity contribution in [1.82, 2.24) is 9.97 Å². The first-order chi connectivity index (χ1) is 10.3. The summed E-state index contributed by atoms with van der Waals surface area (Å²) in [5.74, 6) is -2.73. The summed E-state index contributed by atoms with van der Waals surface area (Å²) in [6, 6.07) is 6.46. The summed E-state index contributed by atoms with van der Waals surface area (Å²) in [6.07, 6.45) is -1.43. The Labute approximate surface area is 125 Å². The van der Waals surface area contributed by atoms with Crippen LogP contribution >= 0.6 is 0 Å². The number of nitrogens with zero attached hydrogens (tertiary/aromatic N) is 2. The fourth-order valence-electron chi connectivity index (χ4n) is 1.78. The van der Waals surface area contributed by atoms with Gasteiger partial charge in [-0.3, -0.25) is 4.79 Å². The van der Waals surface area contributed by atoms with Gasteiger partial charge in [0, 0.05) is 23.6 Å². The monoisotopic (exact) mass is 309 g/mol. The molecule has 0 saturated carbocycles. The minimum absolute atomic E-state index is 0.272. The Morgan fingerprint density at radius 3 is 2.45 bits per heavy atom. The molecule has 1 atom stereocenters. The first-order valence-electron chi connectivity index (χ1n) is 6.54. The number of nitrogens with one attached hydrogen (secondary N) is 1. The van der Waals surface area contributed by atoms with Gasteiger partial charge in [-0.25, -0.2) is 9.97 Å². The second-order valence-corrected chi connectivity index (χ2v) is 4.85. The van der Waals surface area contributed by atoms with E-state index in [1.54, 1.807) is 36.7 Å². The first kappa shape index (κ1) is 15.9. The molecule has 1 aromatic carbocycles. The molecule has 0 unspecified atom stereocenters. The molecule has 2 rings (SSSR count). The third-order valence-electron chi connectivity index (χ3n) is 3.20. The van der Waals surface area contributed by atoms with Crippen LogP contribution in [0.25, 0.3) is 11.4 Å². The van der Waals surface area contributed by atoms with Crippen LogP contribution in [0.15, 0.2) is 36.7 Å². The lowest BCUT2D eigenvalue weighted by atomic mass is 10.1. The van der Waals surface area contributed by atoms with Crippen molar-refractivity contribution in [3.63, 3.8) is 0 Å². The van der Waals surface area contributed by atoms with Crippen molar-refractivity contribution in [1.29, 1.82) is 0 Å². The summed E-state index contributed by atoms with van der Waals surface area (Å²) in [5, 5.41) is 2.27. The summed E-state index contributed by atoms with van der Waals surface area (Å²) >= 11 is 0. The minimum atomic E-state index is -4.57. The van der Waals surface area contributed by atoms with Crippen LogP contribution in [0, 0.1) is 12.8 Å². The van der Waals surface area contributed by atoms with Gasteiger partial charge in [0.1, 0.15) is 5.92 Å². The summed E-state index contributed by atoms with van der Waals surface area (Å²) < 4.78 is 37.6. The lowest BCUT2D eigenvalue weighted by Gasteiger charge is -2.16. The third kappa shape index (κ3) is 3.60. The highest BCUT2D eigenvalue weighted by Crippen LogP contribution is 2.28. The van der Waals surface area contributed by atoms with E-state index >= 15 is 0 Å². The lowest BCUT2D eigenvalue weighted by molar-refractivity contribution is -0.175. The Kier molecular flexibility index (Phi) is 4.44. The van der Waals surface area contributed by atoms with Crippen molar-refractivity contribution in [2.45, 2.75) is 20.0 Å². The van der Waals surface area contributed by atoms with Gasteiger partial charge in [-0.15, -0.1) is 0 Å². The molecule has 116 valence electrons. The highest BCUT2D eigenvalue weighted by atomic mass is 19.4. The van der Waals surface area contributed by atoms with Crippen LogP contribution in [-0.4, -0.2) is 22.1 Å². The zero-order chi connectivity index (χ0) is 16.3. The largest absolute Gasteiger partial charge is 0.400 e. The molecular formula is C15H14F3N3O. The molecule has 0 aliphatic heterocycles. The molecule has 1 heterocycles. The summed E-state index contributed by atoms with van der Waals surface area (Å²) in [4.78, 5) is 19.8. The van der Waals surface area contributed by atoms with Gasteiger partial charge in [-0.1, -0.05) is 6.07 Å². The molecule has 1 aromatic heterocycles. The Hall–Kier alpha value is -2.44. The Balaban J connectivity index is 2.26. The Bertz CT molecular complexity index is 671. The molecule has 0 spiro atoms. The number of rotatable bonds is 3. The predicted octanol–water partition coefficient (Wildman–Crippen LogP) is 3.59. The van der Waals surface area contributed by atoms with E-state index in [4.69, 9.17) is 0 Å². The van der Waals surface area contributed by atoms with Crippen molar-refractivity contribution in [3.05, 3.63) is 42.2 Å². The fourth-order valence-corrected chi connectivity index (χ4v) is 1.78. The topological polar surface area (TPSA) is 54.9 Å². The number of anilines is 1. The number of benzene rings is 1. The van der Waals surface area contributed by atoms with Crippen LogP contribution < -0.4 is 5.32 Å². The SMILES string of the molecule is Cc1ccc(NC(=O)[C@H](C)C(F)(F)F)cc1-c1ncccn1. The Morgan fingerprint density at radius 2 is 1.86 bits per heavy atom. The number of alkyl halides is 3. The van der Waals surface area contributed by atoms with E-state index in [0.29, 0.717) is 11.4 Å². The molecule has 1 N–H and O–H groups in total. The van der Waals surface area contributed by atoms with Crippen LogP contribution in [0.2, 0.25) is 0 Å². The molecule has 0 aliphatic carbocycles. The van der Waals surface area contributed by atoms with Crippen molar-refractivity contribution in [3.8, 4) is 11.4 Å². The first-order valence-corrected chi connectivity index (χ1v) is 6.54. The number of carbonyl (C=O) groups is 1.